The highest BCUT2D eigenvalue weighted by Gasteiger charge is 2.14. The van der Waals surface area contributed by atoms with Gasteiger partial charge in [-0.3, -0.25) is 4.79 Å². The molecule has 1 heterocycles. The van der Waals surface area contributed by atoms with Gasteiger partial charge in [-0.2, -0.15) is 0 Å². The first-order valence-electron chi connectivity index (χ1n) is 8.17. The first-order valence-corrected chi connectivity index (χ1v) is 8.99. The molecule has 3 aromatic rings. The summed E-state index contributed by atoms with van der Waals surface area (Å²) in [5, 5.41) is 3.54. The van der Waals surface area contributed by atoms with Crippen LogP contribution < -0.4 is 10.1 Å². The Morgan fingerprint density at radius 3 is 2.92 bits per heavy atom. The Bertz CT molecular complexity index is 926. The summed E-state index contributed by atoms with van der Waals surface area (Å²) in [6.07, 6.45) is 0.654. The maximum Gasteiger partial charge on any atom is 0.255 e. The Kier molecular flexibility index (Phi) is 5.80. The SMILES string of the molecule is COCCCOc1cccc(NC(=O)c2ccc3nc(C)sc3c2)c1F. The van der Waals surface area contributed by atoms with Crippen molar-refractivity contribution in [3.05, 3.63) is 52.8 Å². The number of fused-ring (bicyclic) bond motifs is 1. The Balaban J connectivity index is 1.73. The van der Waals surface area contributed by atoms with Crippen LogP contribution in [0.25, 0.3) is 10.2 Å². The number of aromatic nitrogens is 1. The van der Waals surface area contributed by atoms with E-state index in [9.17, 15) is 9.18 Å². The van der Waals surface area contributed by atoms with E-state index >= 15 is 0 Å². The summed E-state index contributed by atoms with van der Waals surface area (Å²) in [6.45, 7) is 2.79. The number of hydrogen-bond donors (Lipinski definition) is 1. The number of halogens is 1. The standard InChI is InChI=1S/C19H19FN2O3S/c1-12-21-14-8-7-13(11-17(14)26-12)19(23)22-15-5-3-6-16(18(15)20)25-10-4-9-24-2/h3,5-8,11H,4,9-10H2,1-2H3,(H,22,23). The zero-order chi connectivity index (χ0) is 18.5. The molecule has 0 saturated carbocycles. The zero-order valence-electron chi connectivity index (χ0n) is 14.5. The molecule has 7 heteroatoms. The lowest BCUT2D eigenvalue weighted by Gasteiger charge is -2.11. The second kappa shape index (κ2) is 8.25. The molecule has 1 N–H and O–H groups in total. The van der Waals surface area contributed by atoms with Crippen molar-refractivity contribution < 1.29 is 18.7 Å². The van der Waals surface area contributed by atoms with Gasteiger partial charge in [-0.25, -0.2) is 9.37 Å². The maximum atomic E-state index is 14.5. The summed E-state index contributed by atoms with van der Waals surface area (Å²) in [5.41, 5.74) is 1.38. The molecule has 1 aromatic heterocycles. The minimum absolute atomic E-state index is 0.0832. The fourth-order valence-electron chi connectivity index (χ4n) is 2.48. The number of rotatable bonds is 7. The Hall–Kier alpha value is -2.51. The molecule has 0 atom stereocenters. The molecule has 0 unspecified atom stereocenters. The first-order chi connectivity index (χ1) is 12.6. The summed E-state index contributed by atoms with van der Waals surface area (Å²) >= 11 is 1.51. The van der Waals surface area contributed by atoms with Gasteiger partial charge in [-0.05, 0) is 37.3 Å². The molecule has 136 valence electrons. The lowest BCUT2D eigenvalue weighted by atomic mass is 10.2. The summed E-state index contributed by atoms with van der Waals surface area (Å²) < 4.78 is 25.8. The molecule has 0 bridgehead atoms. The predicted molar refractivity (Wildman–Crippen MR) is 101 cm³/mol. The molecule has 1 amide bonds. The number of thiazole rings is 1. The first kappa shape index (κ1) is 18.3. The summed E-state index contributed by atoms with van der Waals surface area (Å²) in [5.74, 6) is -0.867. The van der Waals surface area contributed by atoms with Crippen LogP contribution in [-0.2, 0) is 4.74 Å². The molecule has 0 saturated heterocycles. The third-order valence-corrected chi connectivity index (χ3v) is 4.65. The fraction of sp³-hybridized carbons (Fsp3) is 0.263. The minimum atomic E-state index is -0.590. The normalized spacial score (nSPS) is 10.9. The molecule has 0 spiro atoms. The molecule has 3 rings (SSSR count). The van der Waals surface area contributed by atoms with E-state index in [2.05, 4.69) is 10.3 Å². The van der Waals surface area contributed by atoms with Gasteiger partial charge in [0.05, 0.1) is 27.5 Å². The zero-order valence-corrected chi connectivity index (χ0v) is 15.4. The second-order valence-electron chi connectivity index (χ2n) is 5.68. The second-order valence-corrected chi connectivity index (χ2v) is 6.92. The number of carbonyl (C=O) groups excluding carboxylic acids is 1. The van der Waals surface area contributed by atoms with Crippen molar-refractivity contribution in [1.82, 2.24) is 4.98 Å². The topological polar surface area (TPSA) is 60.5 Å². The number of amides is 1. The molecule has 0 radical (unpaired) electrons. The third-order valence-electron chi connectivity index (χ3n) is 3.72. The number of benzene rings is 2. The van der Waals surface area contributed by atoms with Crippen LogP contribution in [0, 0.1) is 12.7 Å². The van der Waals surface area contributed by atoms with Gasteiger partial charge in [-0.15, -0.1) is 11.3 Å². The highest BCUT2D eigenvalue weighted by atomic mass is 32.1. The van der Waals surface area contributed by atoms with Crippen LogP contribution >= 0.6 is 11.3 Å². The van der Waals surface area contributed by atoms with E-state index in [0.717, 1.165) is 15.2 Å². The number of carbonyl (C=O) groups is 1. The lowest BCUT2D eigenvalue weighted by Crippen LogP contribution is -2.13. The molecule has 26 heavy (non-hydrogen) atoms. The van der Waals surface area contributed by atoms with Gasteiger partial charge in [0.15, 0.2) is 11.6 Å². The fourth-order valence-corrected chi connectivity index (χ4v) is 3.35. The smallest absolute Gasteiger partial charge is 0.255 e. The van der Waals surface area contributed by atoms with Gasteiger partial charge in [0.2, 0.25) is 0 Å². The number of ether oxygens (including phenoxy) is 2. The van der Waals surface area contributed by atoms with E-state index in [4.69, 9.17) is 9.47 Å². The highest BCUT2D eigenvalue weighted by Crippen LogP contribution is 2.26. The Labute approximate surface area is 154 Å². The van der Waals surface area contributed by atoms with Gasteiger partial charge < -0.3 is 14.8 Å². The van der Waals surface area contributed by atoms with E-state index in [1.54, 1.807) is 31.4 Å². The van der Waals surface area contributed by atoms with Crippen molar-refractivity contribution in [3.8, 4) is 5.75 Å². The molecular weight excluding hydrogens is 355 g/mol. The molecule has 5 nitrogen and oxygen atoms in total. The van der Waals surface area contributed by atoms with E-state index in [1.807, 2.05) is 6.92 Å². The van der Waals surface area contributed by atoms with Crippen molar-refractivity contribution in [1.29, 1.82) is 0 Å². The number of methoxy groups -OCH3 is 1. The van der Waals surface area contributed by atoms with Crippen LogP contribution in [0.5, 0.6) is 5.75 Å². The van der Waals surface area contributed by atoms with Gasteiger partial charge in [-0.1, -0.05) is 6.07 Å². The Morgan fingerprint density at radius 2 is 2.12 bits per heavy atom. The van der Waals surface area contributed by atoms with Gasteiger partial charge in [0.25, 0.3) is 5.91 Å². The number of nitrogens with one attached hydrogen (secondary N) is 1. The predicted octanol–water partition coefficient (Wildman–Crippen LogP) is 4.41. The Morgan fingerprint density at radius 1 is 1.27 bits per heavy atom. The van der Waals surface area contributed by atoms with Crippen LogP contribution in [0.2, 0.25) is 0 Å². The molecular formula is C19H19FN2O3S. The van der Waals surface area contributed by atoms with Gasteiger partial charge in [0.1, 0.15) is 0 Å². The molecule has 0 aliphatic heterocycles. The number of anilines is 1. The molecule has 0 aliphatic rings. The van der Waals surface area contributed by atoms with Crippen LogP contribution in [0.15, 0.2) is 36.4 Å². The summed E-state index contributed by atoms with van der Waals surface area (Å²) in [6, 6.07) is 9.91. The number of nitrogens with zero attached hydrogens (tertiary/aromatic N) is 1. The highest BCUT2D eigenvalue weighted by molar-refractivity contribution is 7.18. The quantitative estimate of drug-likeness (QED) is 0.622. The third kappa shape index (κ3) is 4.17. The molecule has 2 aromatic carbocycles. The number of aryl methyl sites for hydroxylation is 1. The van der Waals surface area contributed by atoms with Crippen LogP contribution in [0.4, 0.5) is 10.1 Å². The molecule has 0 aliphatic carbocycles. The van der Waals surface area contributed by atoms with Crippen molar-refractivity contribution >= 4 is 33.1 Å². The van der Waals surface area contributed by atoms with Crippen LogP contribution in [-0.4, -0.2) is 31.2 Å². The monoisotopic (exact) mass is 374 g/mol. The lowest BCUT2D eigenvalue weighted by molar-refractivity contribution is 0.102. The van der Waals surface area contributed by atoms with Crippen molar-refractivity contribution in [2.75, 3.05) is 25.6 Å². The largest absolute Gasteiger partial charge is 0.490 e. The van der Waals surface area contributed by atoms with Crippen molar-refractivity contribution in [2.24, 2.45) is 0 Å². The van der Waals surface area contributed by atoms with E-state index in [-0.39, 0.29) is 17.3 Å². The summed E-state index contributed by atoms with van der Waals surface area (Å²) in [7, 11) is 1.60. The average molecular weight is 374 g/mol. The van der Waals surface area contributed by atoms with Crippen LogP contribution in [0.1, 0.15) is 21.8 Å². The maximum absolute atomic E-state index is 14.5. The van der Waals surface area contributed by atoms with Gasteiger partial charge in [0, 0.05) is 25.7 Å². The molecule has 0 fully saturated rings. The van der Waals surface area contributed by atoms with Crippen LogP contribution in [0.3, 0.4) is 0 Å². The van der Waals surface area contributed by atoms with E-state index in [0.29, 0.717) is 25.2 Å². The minimum Gasteiger partial charge on any atom is -0.490 e. The van der Waals surface area contributed by atoms with Crippen molar-refractivity contribution in [2.45, 2.75) is 13.3 Å². The van der Waals surface area contributed by atoms with E-state index in [1.165, 1.54) is 23.5 Å². The number of hydrogen-bond acceptors (Lipinski definition) is 5. The summed E-state index contributed by atoms with van der Waals surface area (Å²) in [4.78, 5) is 16.8. The average Bonchev–Trinajstić information content (AvgIpc) is 3.00. The van der Waals surface area contributed by atoms with Gasteiger partial charge >= 0.3 is 0 Å². The van der Waals surface area contributed by atoms with Crippen molar-refractivity contribution in [3.63, 3.8) is 0 Å². The van der Waals surface area contributed by atoms with E-state index < -0.39 is 5.82 Å².